The molecule has 1 rings (SSSR count). The first-order chi connectivity index (χ1) is 15.2. The Morgan fingerprint density at radius 1 is 1.19 bits per heavy atom. The van der Waals surface area contributed by atoms with Crippen molar-refractivity contribution in [1.82, 2.24) is 10.2 Å². The normalized spacial score (nSPS) is 22.4. The van der Waals surface area contributed by atoms with Crippen LogP contribution in [0.4, 0.5) is 0 Å². The molecular formula is C21H40N2O9. The third kappa shape index (κ3) is 10.1. The van der Waals surface area contributed by atoms with Crippen LogP contribution >= 0.6 is 0 Å². The average Bonchev–Trinajstić information content (AvgIpc) is 3.11. The second kappa shape index (κ2) is 15.5. The first kappa shape index (κ1) is 28.7. The van der Waals surface area contributed by atoms with Crippen molar-refractivity contribution < 1.29 is 44.2 Å². The van der Waals surface area contributed by atoms with E-state index in [4.69, 9.17) is 19.3 Å². The zero-order valence-corrected chi connectivity index (χ0v) is 19.3. The predicted molar refractivity (Wildman–Crippen MR) is 115 cm³/mol. The van der Waals surface area contributed by atoms with E-state index in [0.717, 1.165) is 6.42 Å². The van der Waals surface area contributed by atoms with Crippen molar-refractivity contribution in [3.8, 4) is 0 Å². The van der Waals surface area contributed by atoms with E-state index in [1.54, 1.807) is 18.9 Å². The van der Waals surface area contributed by atoms with Crippen molar-refractivity contribution in [2.75, 3.05) is 40.1 Å². The second-order valence-corrected chi connectivity index (χ2v) is 8.19. The highest BCUT2D eigenvalue weighted by Crippen LogP contribution is 2.20. The minimum atomic E-state index is -1.28. The summed E-state index contributed by atoms with van der Waals surface area (Å²) in [6.07, 6.45) is -0.878. The molecule has 0 radical (unpaired) electrons. The van der Waals surface area contributed by atoms with Gasteiger partial charge in [-0.05, 0) is 26.2 Å². The van der Waals surface area contributed by atoms with Gasteiger partial charge in [0.15, 0.2) is 6.29 Å². The monoisotopic (exact) mass is 464 g/mol. The number of hydrogen-bond acceptors (Lipinski definition) is 9. The van der Waals surface area contributed by atoms with Gasteiger partial charge in [-0.25, -0.2) is 0 Å². The Morgan fingerprint density at radius 3 is 2.50 bits per heavy atom. The average molecular weight is 465 g/mol. The SMILES string of the molecule is COC[C@@H]1C[C@@H](O)CN1C(=O)CCCCCOC(OC(CO)[C@H](O)CO)[C@H](C)NC(C)=O. The molecule has 1 saturated heterocycles. The van der Waals surface area contributed by atoms with Gasteiger partial charge in [-0.1, -0.05) is 6.42 Å². The van der Waals surface area contributed by atoms with Gasteiger partial charge in [0.2, 0.25) is 11.8 Å². The molecule has 2 unspecified atom stereocenters. The van der Waals surface area contributed by atoms with Gasteiger partial charge in [0.25, 0.3) is 0 Å². The maximum atomic E-state index is 12.5. The van der Waals surface area contributed by atoms with E-state index < -0.39 is 43.9 Å². The Morgan fingerprint density at radius 2 is 1.91 bits per heavy atom. The van der Waals surface area contributed by atoms with Crippen LogP contribution < -0.4 is 5.32 Å². The molecule has 1 aliphatic heterocycles. The van der Waals surface area contributed by atoms with Crippen LogP contribution in [-0.2, 0) is 23.8 Å². The smallest absolute Gasteiger partial charge is 0.222 e. The molecule has 6 atom stereocenters. The molecule has 11 nitrogen and oxygen atoms in total. The minimum Gasteiger partial charge on any atom is -0.394 e. The zero-order valence-electron chi connectivity index (χ0n) is 19.3. The summed E-state index contributed by atoms with van der Waals surface area (Å²) in [6, 6.07) is -0.638. The molecule has 11 heteroatoms. The number of aliphatic hydroxyl groups excluding tert-OH is 4. The number of carbonyl (C=O) groups is 2. The highest BCUT2D eigenvalue weighted by molar-refractivity contribution is 5.77. The summed E-state index contributed by atoms with van der Waals surface area (Å²) in [6.45, 7) is 2.95. The summed E-state index contributed by atoms with van der Waals surface area (Å²) in [4.78, 5) is 25.5. The number of likely N-dealkylation sites (tertiary alicyclic amines) is 1. The Labute approximate surface area is 189 Å². The molecule has 0 aromatic heterocycles. The van der Waals surface area contributed by atoms with Crippen LogP contribution in [0, 0.1) is 0 Å². The van der Waals surface area contributed by atoms with Gasteiger partial charge in [-0.15, -0.1) is 0 Å². The Hall–Kier alpha value is -1.34. The van der Waals surface area contributed by atoms with Crippen LogP contribution in [0.3, 0.4) is 0 Å². The molecule has 0 aliphatic carbocycles. The minimum absolute atomic E-state index is 0.00575. The van der Waals surface area contributed by atoms with E-state index in [2.05, 4.69) is 5.32 Å². The Kier molecular flexibility index (Phi) is 13.9. The van der Waals surface area contributed by atoms with Crippen LogP contribution in [0.1, 0.15) is 46.0 Å². The van der Waals surface area contributed by atoms with Gasteiger partial charge in [0, 0.05) is 33.6 Å². The lowest BCUT2D eigenvalue weighted by Crippen LogP contribution is -2.48. The molecule has 0 aromatic rings. The molecule has 0 aromatic carbocycles. The van der Waals surface area contributed by atoms with E-state index >= 15 is 0 Å². The van der Waals surface area contributed by atoms with Crippen LogP contribution in [0.5, 0.6) is 0 Å². The number of β-amino-alcohol motifs (C(OH)–C–C–N with tert-alkyl or cyclic N) is 1. The quantitative estimate of drug-likeness (QED) is 0.139. The fourth-order valence-electron chi connectivity index (χ4n) is 3.68. The fraction of sp³-hybridized carbons (Fsp3) is 0.905. The lowest BCUT2D eigenvalue weighted by molar-refractivity contribution is -0.214. The van der Waals surface area contributed by atoms with Gasteiger partial charge < -0.3 is 44.9 Å². The Bertz CT molecular complexity index is 551. The van der Waals surface area contributed by atoms with Gasteiger partial charge >= 0.3 is 0 Å². The molecular weight excluding hydrogens is 424 g/mol. The van der Waals surface area contributed by atoms with E-state index in [9.17, 15) is 24.9 Å². The fourth-order valence-corrected chi connectivity index (χ4v) is 3.68. The second-order valence-electron chi connectivity index (χ2n) is 8.19. The number of nitrogens with one attached hydrogen (secondary N) is 1. The molecule has 1 fully saturated rings. The summed E-state index contributed by atoms with van der Waals surface area (Å²) < 4.78 is 16.4. The van der Waals surface area contributed by atoms with Crippen molar-refractivity contribution in [3.63, 3.8) is 0 Å². The molecule has 0 bridgehead atoms. The summed E-state index contributed by atoms with van der Waals surface area (Å²) in [7, 11) is 1.57. The summed E-state index contributed by atoms with van der Waals surface area (Å²) in [5, 5.41) is 40.7. The topological polar surface area (TPSA) is 158 Å². The lowest BCUT2D eigenvalue weighted by atomic mass is 10.1. The Balaban J connectivity index is 2.42. The van der Waals surface area contributed by atoms with Crippen molar-refractivity contribution >= 4 is 11.8 Å². The molecule has 5 N–H and O–H groups in total. The molecule has 1 heterocycles. The third-order valence-corrected chi connectivity index (χ3v) is 5.33. The van der Waals surface area contributed by atoms with Crippen LogP contribution in [0.2, 0.25) is 0 Å². The molecule has 0 saturated carbocycles. The third-order valence-electron chi connectivity index (χ3n) is 5.33. The van der Waals surface area contributed by atoms with Crippen LogP contribution in [0.15, 0.2) is 0 Å². The number of ether oxygens (including phenoxy) is 3. The number of methoxy groups -OCH3 is 1. The first-order valence-corrected chi connectivity index (χ1v) is 11.1. The van der Waals surface area contributed by atoms with E-state index in [1.807, 2.05) is 0 Å². The first-order valence-electron chi connectivity index (χ1n) is 11.1. The summed E-state index contributed by atoms with van der Waals surface area (Å²) in [5.41, 5.74) is 0. The lowest BCUT2D eigenvalue weighted by Gasteiger charge is -2.30. The van der Waals surface area contributed by atoms with Gasteiger partial charge in [0.1, 0.15) is 12.2 Å². The molecule has 32 heavy (non-hydrogen) atoms. The van der Waals surface area contributed by atoms with Gasteiger partial charge in [-0.2, -0.15) is 0 Å². The van der Waals surface area contributed by atoms with Crippen molar-refractivity contribution in [2.24, 2.45) is 0 Å². The summed E-state index contributed by atoms with van der Waals surface area (Å²) in [5.74, 6) is -0.288. The van der Waals surface area contributed by atoms with Crippen molar-refractivity contribution in [3.05, 3.63) is 0 Å². The van der Waals surface area contributed by atoms with Crippen LogP contribution in [-0.4, -0.2) is 114 Å². The maximum Gasteiger partial charge on any atom is 0.222 e. The maximum absolute atomic E-state index is 12.5. The zero-order chi connectivity index (χ0) is 24.1. The number of hydrogen-bond donors (Lipinski definition) is 5. The van der Waals surface area contributed by atoms with E-state index in [-0.39, 0.29) is 24.5 Å². The number of carbonyl (C=O) groups excluding carboxylic acids is 2. The number of rotatable bonds is 16. The summed E-state index contributed by atoms with van der Waals surface area (Å²) >= 11 is 0. The number of unbranched alkanes of at least 4 members (excludes halogenated alkanes) is 2. The van der Waals surface area contributed by atoms with Crippen molar-refractivity contribution in [1.29, 1.82) is 0 Å². The highest BCUT2D eigenvalue weighted by atomic mass is 16.7. The van der Waals surface area contributed by atoms with E-state index in [1.165, 1.54) is 6.92 Å². The molecule has 0 spiro atoms. The van der Waals surface area contributed by atoms with Crippen LogP contribution in [0.25, 0.3) is 0 Å². The highest BCUT2D eigenvalue weighted by Gasteiger charge is 2.33. The number of aliphatic hydroxyl groups is 4. The molecule has 2 amide bonds. The standard InChI is InChI=1S/C21H40N2O9/c1-14(22-15(2)26)21(32-19(12-25)18(28)11-24)31-8-6-4-5-7-20(29)23-10-17(27)9-16(23)13-30-3/h14,16-19,21,24-25,27-28H,4-13H2,1-3H3,(H,22,26)/t14-,16-,17+,18+,19?,21?/m0/s1. The van der Waals surface area contributed by atoms with Gasteiger partial charge in [-0.3, -0.25) is 9.59 Å². The largest absolute Gasteiger partial charge is 0.394 e. The number of nitrogens with zero attached hydrogens (tertiary/aromatic N) is 1. The van der Waals surface area contributed by atoms with Gasteiger partial charge in [0.05, 0.1) is 38.0 Å². The molecule has 188 valence electrons. The van der Waals surface area contributed by atoms with Crippen molar-refractivity contribution in [2.45, 2.75) is 82.6 Å². The molecule has 1 aliphatic rings. The number of amides is 2. The predicted octanol–water partition coefficient (Wildman–Crippen LogP) is -1.25. The van der Waals surface area contributed by atoms with E-state index in [0.29, 0.717) is 38.8 Å².